The zero-order valence-corrected chi connectivity index (χ0v) is 21.5. The Hall–Kier alpha value is -5.10. The van der Waals surface area contributed by atoms with Crippen LogP contribution in [0.3, 0.4) is 0 Å². The minimum atomic E-state index is -0.497. The van der Waals surface area contributed by atoms with Gasteiger partial charge >= 0.3 is 11.9 Å². The molecule has 194 valence electrons. The molecule has 0 aliphatic heterocycles. The zero-order chi connectivity index (χ0) is 27.4. The number of carbonyl (C=O) groups excluding carboxylic acids is 2. The zero-order valence-electron chi connectivity index (χ0n) is 21.5. The summed E-state index contributed by atoms with van der Waals surface area (Å²) in [6.45, 7) is 2.07. The van der Waals surface area contributed by atoms with Crippen LogP contribution in [0.5, 0.6) is 23.0 Å². The molecular formula is C33H26O6. The van der Waals surface area contributed by atoms with E-state index in [-0.39, 0.29) is 11.7 Å². The number of hydrogen-bond acceptors (Lipinski definition) is 6. The van der Waals surface area contributed by atoms with Gasteiger partial charge in [0.15, 0.2) is 0 Å². The fourth-order valence-electron chi connectivity index (χ4n) is 4.51. The van der Waals surface area contributed by atoms with Gasteiger partial charge in [-0.25, -0.2) is 9.59 Å². The molecule has 0 aromatic heterocycles. The molecule has 0 amide bonds. The standard InChI is InChI=1S/C33H26O6/c1-21-30-19-26(38-32(35)17-7-22-3-9-24(34)10-4-22)13-15-28(30)29-16-14-27(20-31(21)29)39-33(36)18-8-23-5-11-25(37-2)12-6-23/h3-21,34H,1-2H3. The van der Waals surface area contributed by atoms with E-state index in [0.29, 0.717) is 11.5 Å². The molecule has 1 N–H and O–H groups in total. The number of carbonyl (C=O) groups is 2. The molecule has 1 atom stereocenters. The number of phenolic OH excluding ortho intramolecular Hbond substituents is 1. The molecule has 6 heteroatoms. The number of aromatic hydroxyl groups is 1. The molecule has 39 heavy (non-hydrogen) atoms. The molecule has 5 rings (SSSR count). The summed E-state index contributed by atoms with van der Waals surface area (Å²) < 4.78 is 16.2. The normalized spacial score (nSPS) is 13.7. The number of methoxy groups -OCH3 is 1. The molecule has 0 spiro atoms. The van der Waals surface area contributed by atoms with E-state index in [2.05, 4.69) is 6.92 Å². The molecule has 4 aromatic rings. The monoisotopic (exact) mass is 518 g/mol. The van der Waals surface area contributed by atoms with Gasteiger partial charge in [-0.15, -0.1) is 0 Å². The molecule has 1 aliphatic carbocycles. The Balaban J connectivity index is 1.25. The van der Waals surface area contributed by atoms with Crippen LogP contribution in [0.25, 0.3) is 23.3 Å². The number of hydrogen-bond donors (Lipinski definition) is 1. The second kappa shape index (κ2) is 11.1. The van der Waals surface area contributed by atoms with Crippen molar-refractivity contribution in [2.75, 3.05) is 7.11 Å². The quantitative estimate of drug-likeness (QED) is 0.165. The Kier molecular flexibility index (Phi) is 7.28. The highest BCUT2D eigenvalue weighted by Crippen LogP contribution is 2.47. The lowest BCUT2D eigenvalue weighted by Crippen LogP contribution is -2.04. The van der Waals surface area contributed by atoms with Crippen LogP contribution < -0.4 is 14.2 Å². The summed E-state index contributed by atoms with van der Waals surface area (Å²) in [5.74, 6) is 0.875. The van der Waals surface area contributed by atoms with Crippen LogP contribution in [0, 0.1) is 0 Å². The molecular weight excluding hydrogens is 492 g/mol. The van der Waals surface area contributed by atoms with Gasteiger partial charge in [0.05, 0.1) is 7.11 Å². The van der Waals surface area contributed by atoms with Gasteiger partial charge in [-0.1, -0.05) is 43.3 Å². The van der Waals surface area contributed by atoms with Crippen LogP contribution in [-0.2, 0) is 9.59 Å². The van der Waals surface area contributed by atoms with Gasteiger partial charge in [0.25, 0.3) is 0 Å². The predicted octanol–water partition coefficient (Wildman–Crippen LogP) is 6.77. The first-order valence-electron chi connectivity index (χ1n) is 12.4. The fourth-order valence-corrected chi connectivity index (χ4v) is 4.51. The van der Waals surface area contributed by atoms with Crippen LogP contribution >= 0.6 is 0 Å². The van der Waals surface area contributed by atoms with Crippen molar-refractivity contribution in [1.29, 1.82) is 0 Å². The molecule has 0 saturated heterocycles. The van der Waals surface area contributed by atoms with Crippen molar-refractivity contribution in [3.05, 3.63) is 119 Å². The van der Waals surface area contributed by atoms with E-state index in [9.17, 15) is 14.7 Å². The van der Waals surface area contributed by atoms with E-state index >= 15 is 0 Å². The number of phenols is 1. The molecule has 0 saturated carbocycles. The third-order valence-corrected chi connectivity index (χ3v) is 6.54. The van der Waals surface area contributed by atoms with Gasteiger partial charge in [-0.3, -0.25) is 0 Å². The Morgan fingerprint density at radius 1 is 0.667 bits per heavy atom. The highest BCUT2D eigenvalue weighted by Gasteiger charge is 2.27. The first-order chi connectivity index (χ1) is 18.9. The molecule has 0 heterocycles. The van der Waals surface area contributed by atoms with Gasteiger partial charge in [0.2, 0.25) is 0 Å². The number of ether oxygens (including phenoxy) is 3. The highest BCUT2D eigenvalue weighted by molar-refractivity contribution is 5.90. The maximum Gasteiger partial charge on any atom is 0.336 e. The van der Waals surface area contributed by atoms with E-state index < -0.39 is 11.9 Å². The molecule has 0 bridgehead atoms. The van der Waals surface area contributed by atoms with Crippen LogP contribution in [-0.4, -0.2) is 24.2 Å². The summed E-state index contributed by atoms with van der Waals surface area (Å²) in [5, 5.41) is 9.38. The van der Waals surface area contributed by atoms with Crippen molar-refractivity contribution in [3.63, 3.8) is 0 Å². The second-order valence-corrected chi connectivity index (χ2v) is 9.09. The van der Waals surface area contributed by atoms with Crippen LogP contribution in [0.1, 0.15) is 35.1 Å². The first-order valence-corrected chi connectivity index (χ1v) is 12.4. The average molecular weight is 519 g/mol. The number of fused-ring (bicyclic) bond motifs is 3. The lowest BCUT2D eigenvalue weighted by atomic mass is 9.99. The molecule has 0 radical (unpaired) electrons. The Labute approximate surface area is 226 Å². The van der Waals surface area contributed by atoms with E-state index in [1.807, 2.05) is 48.5 Å². The van der Waals surface area contributed by atoms with Crippen LogP contribution in [0.15, 0.2) is 97.1 Å². The van der Waals surface area contributed by atoms with Gasteiger partial charge in [-0.05, 0) is 94.1 Å². The first kappa shape index (κ1) is 25.5. The second-order valence-electron chi connectivity index (χ2n) is 9.09. The van der Waals surface area contributed by atoms with Gasteiger partial charge in [0.1, 0.15) is 23.0 Å². The summed E-state index contributed by atoms with van der Waals surface area (Å²) in [4.78, 5) is 24.8. The van der Waals surface area contributed by atoms with Gasteiger partial charge < -0.3 is 19.3 Å². The summed E-state index contributed by atoms with van der Waals surface area (Å²) in [5.41, 5.74) is 5.80. The summed E-state index contributed by atoms with van der Waals surface area (Å²) in [6.07, 6.45) is 6.06. The third kappa shape index (κ3) is 5.91. The Morgan fingerprint density at radius 2 is 1.10 bits per heavy atom. The van der Waals surface area contributed by atoms with Crippen molar-refractivity contribution in [3.8, 4) is 34.1 Å². The van der Waals surface area contributed by atoms with Crippen LogP contribution in [0.2, 0.25) is 0 Å². The lowest BCUT2D eigenvalue weighted by Gasteiger charge is -2.09. The van der Waals surface area contributed by atoms with E-state index in [0.717, 1.165) is 39.1 Å². The Bertz CT molecular complexity index is 1580. The maximum absolute atomic E-state index is 12.4. The molecule has 6 nitrogen and oxygen atoms in total. The molecule has 1 unspecified atom stereocenters. The summed E-state index contributed by atoms with van der Waals surface area (Å²) in [7, 11) is 1.60. The van der Waals surface area contributed by atoms with Crippen molar-refractivity contribution < 1.29 is 28.9 Å². The number of rotatable bonds is 7. The largest absolute Gasteiger partial charge is 0.508 e. The van der Waals surface area contributed by atoms with E-state index in [4.69, 9.17) is 14.2 Å². The smallest absolute Gasteiger partial charge is 0.336 e. The summed E-state index contributed by atoms with van der Waals surface area (Å²) in [6, 6.07) is 25.1. The summed E-state index contributed by atoms with van der Waals surface area (Å²) >= 11 is 0. The van der Waals surface area contributed by atoms with Gasteiger partial charge in [0, 0.05) is 18.1 Å². The number of esters is 2. The SMILES string of the molecule is COc1ccc(C=CC(=O)Oc2ccc3c(c2)C(C)c2cc(OC(=O)C=Cc4ccc(O)cc4)ccc2-3)cc1. The number of benzene rings is 4. The van der Waals surface area contributed by atoms with Crippen molar-refractivity contribution in [2.24, 2.45) is 0 Å². The molecule has 4 aromatic carbocycles. The van der Waals surface area contributed by atoms with Gasteiger partial charge in [-0.2, -0.15) is 0 Å². The minimum Gasteiger partial charge on any atom is -0.508 e. The van der Waals surface area contributed by atoms with E-state index in [1.165, 1.54) is 12.2 Å². The Morgan fingerprint density at radius 3 is 1.56 bits per heavy atom. The fraction of sp³-hybridized carbons (Fsp3) is 0.0909. The van der Waals surface area contributed by atoms with Crippen molar-refractivity contribution >= 4 is 24.1 Å². The molecule has 1 aliphatic rings. The van der Waals surface area contributed by atoms with Crippen molar-refractivity contribution in [1.82, 2.24) is 0 Å². The van der Waals surface area contributed by atoms with Crippen LogP contribution in [0.4, 0.5) is 0 Å². The maximum atomic E-state index is 12.4. The molecule has 0 fully saturated rings. The average Bonchev–Trinajstić information content (AvgIpc) is 3.22. The van der Waals surface area contributed by atoms with Crippen molar-refractivity contribution in [2.45, 2.75) is 12.8 Å². The van der Waals surface area contributed by atoms with E-state index in [1.54, 1.807) is 55.7 Å². The minimum absolute atomic E-state index is 0.0229. The highest BCUT2D eigenvalue weighted by atomic mass is 16.5. The third-order valence-electron chi connectivity index (χ3n) is 6.54. The predicted molar refractivity (Wildman–Crippen MR) is 150 cm³/mol. The lowest BCUT2D eigenvalue weighted by molar-refractivity contribution is -0.129. The topological polar surface area (TPSA) is 82.1 Å².